The monoisotopic (exact) mass is 263 g/mol. The van der Waals surface area contributed by atoms with Gasteiger partial charge in [0.1, 0.15) is 5.82 Å². The average Bonchev–Trinajstić information content (AvgIpc) is 2.77. The van der Waals surface area contributed by atoms with Crippen LogP contribution < -0.4 is 4.90 Å². The van der Waals surface area contributed by atoms with Crippen LogP contribution in [0.5, 0.6) is 0 Å². The van der Waals surface area contributed by atoms with Crippen LogP contribution in [0.3, 0.4) is 0 Å². The van der Waals surface area contributed by atoms with Crippen LogP contribution in [0.4, 0.5) is 5.13 Å². The van der Waals surface area contributed by atoms with E-state index < -0.39 is 0 Å². The number of hydrogen-bond donors (Lipinski definition) is 0. The summed E-state index contributed by atoms with van der Waals surface area (Å²) < 4.78 is 4.32. The maximum absolute atomic E-state index is 5.97. The number of nitrogens with zero attached hydrogens (tertiary/aromatic N) is 3. The summed E-state index contributed by atoms with van der Waals surface area (Å²) in [6, 6.07) is 0.420. The van der Waals surface area contributed by atoms with Gasteiger partial charge in [-0.25, -0.2) is 4.98 Å². The van der Waals surface area contributed by atoms with E-state index in [4.69, 9.17) is 11.6 Å². The van der Waals surface area contributed by atoms with Crippen LogP contribution in [0.15, 0.2) is 0 Å². The van der Waals surface area contributed by atoms with Crippen molar-refractivity contribution >= 4 is 40.0 Å². The fourth-order valence-electron chi connectivity index (χ4n) is 1.54. The number of thioether (sulfide) groups is 1. The largest absolute Gasteiger partial charge is 0.341 e. The van der Waals surface area contributed by atoms with Gasteiger partial charge in [-0.15, -0.1) is 11.6 Å². The van der Waals surface area contributed by atoms with E-state index in [9.17, 15) is 0 Å². The third-order valence-corrected chi connectivity index (χ3v) is 4.66. The second-order valence-electron chi connectivity index (χ2n) is 3.42. The molecule has 1 aliphatic heterocycles. The lowest BCUT2D eigenvalue weighted by molar-refractivity contribution is 0.701. The van der Waals surface area contributed by atoms with E-state index in [2.05, 4.69) is 21.2 Å². The van der Waals surface area contributed by atoms with Crippen LogP contribution in [-0.4, -0.2) is 39.3 Å². The SMILES string of the molecule is CCc1nsc(N2CCSCC2CCl)n1. The summed E-state index contributed by atoms with van der Waals surface area (Å²) >= 11 is 9.43. The standard InChI is InChI=1S/C9H14ClN3S2/c1-2-8-11-9(15-12-8)13-3-4-14-6-7(13)5-10/h7H,2-6H2,1H3. The third-order valence-electron chi connectivity index (χ3n) is 2.42. The number of alkyl halides is 1. The number of halogens is 1. The molecule has 2 rings (SSSR count). The number of rotatable bonds is 3. The zero-order valence-electron chi connectivity index (χ0n) is 8.65. The summed E-state index contributed by atoms with van der Waals surface area (Å²) in [5.74, 6) is 3.88. The number of hydrogen-bond acceptors (Lipinski definition) is 5. The lowest BCUT2D eigenvalue weighted by atomic mass is 10.3. The summed E-state index contributed by atoms with van der Waals surface area (Å²) in [4.78, 5) is 6.82. The zero-order chi connectivity index (χ0) is 10.7. The van der Waals surface area contributed by atoms with Gasteiger partial charge in [-0.2, -0.15) is 16.1 Å². The topological polar surface area (TPSA) is 29.0 Å². The Morgan fingerprint density at radius 3 is 3.13 bits per heavy atom. The number of aryl methyl sites for hydroxylation is 1. The van der Waals surface area contributed by atoms with Gasteiger partial charge in [-0.05, 0) is 0 Å². The highest BCUT2D eigenvalue weighted by molar-refractivity contribution is 7.99. The Morgan fingerprint density at radius 1 is 1.60 bits per heavy atom. The van der Waals surface area contributed by atoms with E-state index in [0.29, 0.717) is 11.9 Å². The van der Waals surface area contributed by atoms with Gasteiger partial charge in [-0.3, -0.25) is 0 Å². The van der Waals surface area contributed by atoms with Crippen LogP contribution in [0.2, 0.25) is 0 Å². The molecule has 0 spiro atoms. The van der Waals surface area contributed by atoms with Gasteiger partial charge >= 0.3 is 0 Å². The fraction of sp³-hybridized carbons (Fsp3) is 0.778. The highest BCUT2D eigenvalue weighted by Crippen LogP contribution is 2.26. The molecule has 3 nitrogen and oxygen atoms in total. The van der Waals surface area contributed by atoms with Crippen molar-refractivity contribution in [3.63, 3.8) is 0 Å². The lowest BCUT2D eigenvalue weighted by Crippen LogP contribution is -2.43. The maximum atomic E-state index is 5.97. The Hall–Kier alpha value is -0.000000000000000111. The van der Waals surface area contributed by atoms with E-state index in [1.807, 2.05) is 11.8 Å². The maximum Gasteiger partial charge on any atom is 0.205 e. The van der Waals surface area contributed by atoms with Gasteiger partial charge in [-0.1, -0.05) is 6.92 Å². The number of aromatic nitrogens is 2. The van der Waals surface area contributed by atoms with E-state index in [0.717, 1.165) is 35.4 Å². The molecule has 1 atom stereocenters. The second-order valence-corrected chi connectivity index (χ2v) is 5.61. The minimum absolute atomic E-state index is 0.420. The molecule has 0 bridgehead atoms. The molecule has 0 radical (unpaired) electrons. The molecule has 1 unspecified atom stereocenters. The zero-order valence-corrected chi connectivity index (χ0v) is 11.0. The Morgan fingerprint density at radius 2 is 2.47 bits per heavy atom. The Kier molecular flexibility index (Phi) is 4.11. The first-order chi connectivity index (χ1) is 7.35. The predicted octanol–water partition coefficient (Wildman–Crippen LogP) is 2.26. The molecule has 2 heterocycles. The molecule has 1 aromatic rings. The smallest absolute Gasteiger partial charge is 0.205 e. The normalized spacial score (nSPS) is 22.0. The molecule has 1 aliphatic rings. The van der Waals surface area contributed by atoms with Crippen molar-refractivity contribution < 1.29 is 0 Å². The van der Waals surface area contributed by atoms with Crippen LogP contribution >= 0.6 is 34.9 Å². The molecule has 84 valence electrons. The van der Waals surface area contributed by atoms with Gasteiger partial charge in [0.2, 0.25) is 5.13 Å². The summed E-state index contributed by atoms with van der Waals surface area (Å²) in [6.07, 6.45) is 0.907. The van der Waals surface area contributed by atoms with Crippen LogP contribution in [0.25, 0.3) is 0 Å². The van der Waals surface area contributed by atoms with Crippen molar-refractivity contribution in [3.05, 3.63) is 5.82 Å². The van der Waals surface area contributed by atoms with Gasteiger partial charge < -0.3 is 4.90 Å². The molecular formula is C9H14ClN3S2. The Bertz CT molecular complexity index is 318. The molecule has 0 N–H and O–H groups in total. The Balaban J connectivity index is 2.12. The molecule has 6 heteroatoms. The summed E-state index contributed by atoms with van der Waals surface area (Å²) in [6.45, 7) is 3.12. The molecule has 0 aromatic carbocycles. The van der Waals surface area contributed by atoms with Crippen LogP contribution in [0.1, 0.15) is 12.7 Å². The summed E-state index contributed by atoms with van der Waals surface area (Å²) in [5.41, 5.74) is 0. The van der Waals surface area contributed by atoms with Crippen LogP contribution in [0, 0.1) is 0 Å². The minimum atomic E-state index is 0.420. The first kappa shape index (κ1) is 11.5. The van der Waals surface area contributed by atoms with E-state index >= 15 is 0 Å². The molecule has 0 amide bonds. The van der Waals surface area contributed by atoms with Crippen molar-refractivity contribution in [1.29, 1.82) is 0 Å². The van der Waals surface area contributed by atoms with Gasteiger partial charge in [0.25, 0.3) is 0 Å². The first-order valence-electron chi connectivity index (χ1n) is 5.08. The molecule has 1 aromatic heterocycles. The summed E-state index contributed by atoms with van der Waals surface area (Å²) in [7, 11) is 0. The average molecular weight is 264 g/mol. The van der Waals surface area contributed by atoms with Crippen molar-refractivity contribution in [2.45, 2.75) is 19.4 Å². The minimum Gasteiger partial charge on any atom is -0.341 e. The van der Waals surface area contributed by atoms with Gasteiger partial charge in [0.05, 0.1) is 6.04 Å². The van der Waals surface area contributed by atoms with Gasteiger partial charge in [0.15, 0.2) is 0 Å². The van der Waals surface area contributed by atoms with Crippen molar-refractivity contribution in [1.82, 2.24) is 9.36 Å². The van der Waals surface area contributed by atoms with Gasteiger partial charge in [0, 0.05) is 41.9 Å². The third kappa shape index (κ3) is 2.57. The van der Waals surface area contributed by atoms with Crippen molar-refractivity contribution in [2.75, 3.05) is 28.8 Å². The quantitative estimate of drug-likeness (QED) is 0.783. The molecular weight excluding hydrogens is 250 g/mol. The van der Waals surface area contributed by atoms with Crippen molar-refractivity contribution in [3.8, 4) is 0 Å². The highest BCUT2D eigenvalue weighted by atomic mass is 35.5. The molecule has 0 saturated carbocycles. The highest BCUT2D eigenvalue weighted by Gasteiger charge is 2.24. The fourth-order valence-corrected chi connectivity index (χ4v) is 3.86. The van der Waals surface area contributed by atoms with E-state index in [-0.39, 0.29) is 0 Å². The molecule has 15 heavy (non-hydrogen) atoms. The first-order valence-corrected chi connectivity index (χ1v) is 7.54. The molecule has 0 aliphatic carbocycles. The Labute approximate surface area is 103 Å². The van der Waals surface area contributed by atoms with Crippen molar-refractivity contribution in [2.24, 2.45) is 0 Å². The predicted molar refractivity (Wildman–Crippen MR) is 68.5 cm³/mol. The second kappa shape index (κ2) is 5.37. The van der Waals surface area contributed by atoms with Crippen LogP contribution in [-0.2, 0) is 6.42 Å². The summed E-state index contributed by atoms with van der Waals surface area (Å²) in [5, 5.41) is 1.04. The van der Waals surface area contributed by atoms with E-state index in [1.54, 1.807) is 0 Å². The van der Waals surface area contributed by atoms with E-state index in [1.165, 1.54) is 11.5 Å². The lowest BCUT2D eigenvalue weighted by Gasteiger charge is -2.33. The number of anilines is 1. The molecule has 1 fully saturated rings. The molecule has 1 saturated heterocycles.